The molecule has 1 heterocycles. The van der Waals surface area contributed by atoms with E-state index in [1.165, 1.54) is 0 Å². The maximum Gasteiger partial charge on any atom is 0.145 e. The third kappa shape index (κ3) is 3.52. The van der Waals surface area contributed by atoms with Gasteiger partial charge in [-0.15, -0.1) is 0 Å². The number of hydrogen-bond acceptors (Lipinski definition) is 5. The Hall–Kier alpha value is -2.37. The van der Waals surface area contributed by atoms with Gasteiger partial charge in [-0.05, 0) is 44.4 Å². The molecular weight excluding hydrogens is 312 g/mol. The van der Waals surface area contributed by atoms with Gasteiger partial charge in [-0.3, -0.25) is 0 Å². The molecule has 5 nitrogen and oxygen atoms in total. The van der Waals surface area contributed by atoms with Crippen LogP contribution in [-0.4, -0.2) is 34.1 Å². The lowest BCUT2D eigenvalue weighted by Crippen LogP contribution is -2.14. The summed E-state index contributed by atoms with van der Waals surface area (Å²) in [6, 6.07) is 12.6. The normalized spacial score (nSPS) is 11.1. The minimum absolute atomic E-state index is 0.117. The molecule has 2 aromatic carbocycles. The van der Waals surface area contributed by atoms with Crippen molar-refractivity contribution in [2.75, 3.05) is 19.4 Å². The van der Waals surface area contributed by atoms with Gasteiger partial charge in [0.15, 0.2) is 0 Å². The van der Waals surface area contributed by atoms with Crippen LogP contribution in [0.3, 0.4) is 0 Å². The van der Waals surface area contributed by atoms with E-state index in [1.807, 2.05) is 43.3 Å². The summed E-state index contributed by atoms with van der Waals surface area (Å²) in [5.74, 6) is 1.47. The fourth-order valence-electron chi connectivity index (χ4n) is 2.31. The van der Waals surface area contributed by atoms with Gasteiger partial charge in [-0.2, -0.15) is 0 Å². The first-order valence-electron chi connectivity index (χ1n) is 7.19. The molecule has 0 aliphatic heterocycles. The number of aromatic nitrogens is 2. The molecular formula is C17H17ClN4O. The smallest absolute Gasteiger partial charge is 0.145 e. The first kappa shape index (κ1) is 15.5. The molecule has 1 aromatic heterocycles. The molecule has 0 radical (unpaired) electrons. The lowest BCUT2D eigenvalue weighted by Gasteiger charge is -2.14. The van der Waals surface area contributed by atoms with E-state index in [9.17, 15) is 5.11 Å². The number of rotatable bonds is 4. The van der Waals surface area contributed by atoms with E-state index >= 15 is 0 Å². The minimum atomic E-state index is 0.117. The topological polar surface area (TPSA) is 61.3 Å². The van der Waals surface area contributed by atoms with Crippen molar-refractivity contribution in [2.45, 2.75) is 6.54 Å². The Morgan fingerprint density at radius 3 is 2.70 bits per heavy atom. The van der Waals surface area contributed by atoms with E-state index in [1.54, 1.807) is 18.2 Å². The van der Waals surface area contributed by atoms with Crippen LogP contribution in [-0.2, 0) is 6.54 Å². The summed E-state index contributed by atoms with van der Waals surface area (Å²) in [5, 5.41) is 14.6. The van der Waals surface area contributed by atoms with Crippen LogP contribution >= 0.6 is 11.6 Å². The van der Waals surface area contributed by atoms with Gasteiger partial charge >= 0.3 is 0 Å². The summed E-state index contributed by atoms with van der Waals surface area (Å²) >= 11 is 6.01. The van der Waals surface area contributed by atoms with Crippen molar-refractivity contribution in [1.82, 2.24) is 14.9 Å². The molecule has 0 aliphatic carbocycles. The molecule has 0 fully saturated rings. The third-order valence-corrected chi connectivity index (χ3v) is 3.55. The molecule has 2 N–H and O–H groups in total. The molecule has 6 heteroatoms. The predicted octanol–water partition coefficient (Wildman–Crippen LogP) is 3.79. The van der Waals surface area contributed by atoms with Gasteiger partial charge in [0.1, 0.15) is 17.4 Å². The Labute approximate surface area is 139 Å². The second-order valence-electron chi connectivity index (χ2n) is 5.53. The Balaban J connectivity index is 2.09. The molecule has 0 saturated heterocycles. The Morgan fingerprint density at radius 2 is 1.91 bits per heavy atom. The Kier molecular flexibility index (Phi) is 4.32. The molecule has 3 aromatic rings. The highest BCUT2D eigenvalue weighted by atomic mass is 35.5. The van der Waals surface area contributed by atoms with Crippen LogP contribution in [0.5, 0.6) is 5.75 Å². The molecule has 118 valence electrons. The van der Waals surface area contributed by atoms with Crippen LogP contribution in [0.15, 0.2) is 42.5 Å². The summed E-state index contributed by atoms with van der Waals surface area (Å²) in [6.07, 6.45) is 0. The van der Waals surface area contributed by atoms with Crippen LogP contribution in [0, 0.1) is 0 Å². The minimum Gasteiger partial charge on any atom is -0.506 e. The third-order valence-electron chi connectivity index (χ3n) is 3.32. The van der Waals surface area contributed by atoms with Gasteiger partial charge in [0.05, 0.1) is 17.7 Å². The van der Waals surface area contributed by atoms with Gasteiger partial charge in [0.2, 0.25) is 0 Å². The van der Waals surface area contributed by atoms with E-state index in [4.69, 9.17) is 11.6 Å². The summed E-state index contributed by atoms with van der Waals surface area (Å²) in [6.45, 7) is 0.626. The monoisotopic (exact) mass is 328 g/mol. The SMILES string of the molecule is CN(C)Cc1nc(Nc2cc(Cl)ccc2O)c2ccccc2n1. The summed E-state index contributed by atoms with van der Waals surface area (Å²) in [5.41, 5.74) is 1.36. The quantitative estimate of drug-likeness (QED) is 0.713. The molecule has 0 bridgehead atoms. The lowest BCUT2D eigenvalue weighted by molar-refractivity contribution is 0.391. The van der Waals surface area contributed by atoms with E-state index in [2.05, 4.69) is 15.3 Å². The number of fused-ring (bicyclic) bond motifs is 1. The van der Waals surface area contributed by atoms with Crippen molar-refractivity contribution in [2.24, 2.45) is 0 Å². The molecule has 0 unspecified atom stereocenters. The molecule has 0 atom stereocenters. The highest BCUT2D eigenvalue weighted by Gasteiger charge is 2.10. The second-order valence-corrected chi connectivity index (χ2v) is 5.97. The van der Waals surface area contributed by atoms with Crippen molar-refractivity contribution in [3.05, 3.63) is 53.3 Å². The largest absolute Gasteiger partial charge is 0.506 e. The number of nitrogens with one attached hydrogen (secondary N) is 1. The zero-order valence-electron chi connectivity index (χ0n) is 12.9. The lowest BCUT2D eigenvalue weighted by atomic mass is 10.2. The van der Waals surface area contributed by atoms with Gasteiger partial charge < -0.3 is 15.3 Å². The van der Waals surface area contributed by atoms with E-state index in [0.717, 1.165) is 10.9 Å². The molecule has 23 heavy (non-hydrogen) atoms. The van der Waals surface area contributed by atoms with Gasteiger partial charge in [-0.1, -0.05) is 23.7 Å². The van der Waals surface area contributed by atoms with E-state index in [-0.39, 0.29) is 5.75 Å². The van der Waals surface area contributed by atoms with Gasteiger partial charge in [-0.25, -0.2) is 9.97 Å². The van der Waals surface area contributed by atoms with Crippen LogP contribution in [0.4, 0.5) is 11.5 Å². The maximum atomic E-state index is 10.0. The molecule has 0 saturated carbocycles. The van der Waals surface area contributed by atoms with Crippen molar-refractivity contribution in [3.63, 3.8) is 0 Å². The number of nitrogens with zero attached hydrogens (tertiary/aromatic N) is 3. The Morgan fingerprint density at radius 1 is 1.13 bits per heavy atom. The van der Waals surface area contributed by atoms with Crippen LogP contribution < -0.4 is 5.32 Å². The first-order valence-corrected chi connectivity index (χ1v) is 7.56. The Bertz CT molecular complexity index is 851. The average molecular weight is 329 g/mol. The zero-order valence-corrected chi connectivity index (χ0v) is 13.7. The van der Waals surface area contributed by atoms with Crippen molar-refractivity contribution < 1.29 is 5.11 Å². The predicted molar refractivity (Wildman–Crippen MR) is 93.3 cm³/mol. The number of benzene rings is 2. The summed E-state index contributed by atoms with van der Waals surface area (Å²) in [4.78, 5) is 11.2. The number of phenolic OH excluding ortho intramolecular Hbond substituents is 1. The fraction of sp³-hybridized carbons (Fsp3) is 0.176. The fourth-order valence-corrected chi connectivity index (χ4v) is 2.48. The average Bonchev–Trinajstić information content (AvgIpc) is 2.50. The van der Waals surface area contributed by atoms with Crippen molar-refractivity contribution in [1.29, 1.82) is 0 Å². The van der Waals surface area contributed by atoms with Crippen molar-refractivity contribution in [3.8, 4) is 5.75 Å². The number of aromatic hydroxyl groups is 1. The van der Waals surface area contributed by atoms with Gasteiger partial charge in [0, 0.05) is 10.4 Å². The molecule has 0 amide bonds. The number of phenols is 1. The summed E-state index contributed by atoms with van der Waals surface area (Å²) in [7, 11) is 3.93. The number of halogens is 1. The highest BCUT2D eigenvalue weighted by Crippen LogP contribution is 2.31. The highest BCUT2D eigenvalue weighted by molar-refractivity contribution is 6.31. The van der Waals surface area contributed by atoms with Crippen LogP contribution in [0.25, 0.3) is 10.9 Å². The van der Waals surface area contributed by atoms with Crippen molar-refractivity contribution >= 4 is 34.0 Å². The first-order chi connectivity index (χ1) is 11.0. The maximum absolute atomic E-state index is 10.0. The number of hydrogen-bond donors (Lipinski definition) is 2. The van der Waals surface area contributed by atoms with E-state index in [0.29, 0.717) is 28.9 Å². The number of anilines is 2. The zero-order chi connectivity index (χ0) is 16.4. The second kappa shape index (κ2) is 6.40. The van der Waals surface area contributed by atoms with Gasteiger partial charge in [0.25, 0.3) is 0 Å². The van der Waals surface area contributed by atoms with Crippen LogP contribution in [0.1, 0.15) is 5.82 Å². The molecule has 0 spiro atoms. The molecule has 3 rings (SSSR count). The standard InChI is InChI=1S/C17H17ClN4O/c1-22(2)10-16-19-13-6-4-3-5-12(13)17(21-16)20-14-9-11(18)7-8-15(14)23/h3-9,23H,10H2,1-2H3,(H,19,20,21). The number of para-hydroxylation sites is 1. The summed E-state index contributed by atoms with van der Waals surface area (Å²) < 4.78 is 0. The van der Waals surface area contributed by atoms with Crippen LogP contribution in [0.2, 0.25) is 5.02 Å². The molecule has 0 aliphatic rings. The van der Waals surface area contributed by atoms with E-state index < -0.39 is 0 Å².